The molecule has 0 spiro atoms. The molecule has 11 amide bonds. The van der Waals surface area contributed by atoms with Crippen LogP contribution in [0.2, 0.25) is 0 Å². The lowest BCUT2D eigenvalue weighted by Gasteiger charge is -2.41. The van der Waals surface area contributed by atoms with E-state index in [1.54, 1.807) is 60.6 Å². The Labute approximate surface area is 535 Å². The Morgan fingerprint density at radius 3 is 1.49 bits per heavy atom. The summed E-state index contributed by atoms with van der Waals surface area (Å²) in [6.45, 7) is 26.4. The highest BCUT2D eigenvalue weighted by molar-refractivity contribution is 5.99. The third kappa shape index (κ3) is 23.2. The smallest absolute Gasteiger partial charge is 0.303 e. The number of aliphatic hydroxyl groups excluding tert-OH is 1. The topological polar surface area (TPSA) is 325 Å². The van der Waals surface area contributed by atoms with Gasteiger partial charge < -0.3 is 70.5 Å². The third-order valence-electron chi connectivity index (χ3n) is 16.7. The van der Waals surface area contributed by atoms with E-state index in [2.05, 4.69) is 21.3 Å². The Bertz CT molecular complexity index is 2490. The molecule has 0 radical (unpaired) electrons. The zero-order valence-corrected chi connectivity index (χ0v) is 58.2. The Balaban J connectivity index is 4.39. The first-order valence-corrected chi connectivity index (χ1v) is 31.8. The molecule has 0 saturated carbocycles. The molecule has 13 atom stereocenters. The summed E-state index contributed by atoms with van der Waals surface area (Å²) >= 11 is 0. The molecular weight excluding hydrogens is 1160 g/mol. The highest BCUT2D eigenvalue weighted by atomic mass is 16.5. The van der Waals surface area contributed by atoms with Crippen LogP contribution in [-0.2, 0) is 62.3 Å². The van der Waals surface area contributed by atoms with E-state index in [0.29, 0.717) is 0 Å². The van der Waals surface area contributed by atoms with Crippen molar-refractivity contribution in [1.82, 2.24) is 55.6 Å². The predicted molar refractivity (Wildman–Crippen MR) is 341 cm³/mol. The fourth-order valence-corrected chi connectivity index (χ4v) is 11.1. The predicted octanol–water partition coefficient (Wildman–Crippen LogP) is 2.49. The van der Waals surface area contributed by atoms with Crippen molar-refractivity contribution in [3.05, 3.63) is 12.2 Å². The Morgan fingerprint density at radius 2 is 1.01 bits per heavy atom. The van der Waals surface area contributed by atoms with Gasteiger partial charge in [0.15, 0.2) is 0 Å². The normalized spacial score (nSPS) is 26.3. The van der Waals surface area contributed by atoms with Crippen LogP contribution < -0.4 is 21.3 Å². The first-order chi connectivity index (χ1) is 41.6. The first-order valence-electron chi connectivity index (χ1n) is 31.8. The molecule has 1 fully saturated rings. The standard InChI is InChI=1S/C64H113N11O15/c1-24-26-28-40(13)54(79)53-58(83)67-44(25-2)60(85)69(17)34-48(76)73(21)52(43(16)90-30-27-29-49(77)78)57(82)68-50(38(9)10)63(88)70(18)45(31-35(3)4)56(81)65-41(14)55(80)66-42(15)59(84)71(19)46(32-36(5)6)61(86)72(20)47(33-37(7)8)62(87)74(22)51(39(11)12)64(89)75(53)23/h24,26,35-47,50-54,79H,25,27-34H2,1-23H3,(H,65,81)(H,66,80)(H,67,83)(H,68,82)(H,77,78)/t40-,41+,42-,43-,44+,45-,46+,47-,50+,51+,52+,53+,54-/m1/s1. The summed E-state index contributed by atoms with van der Waals surface area (Å²) in [5.41, 5.74) is 0. The van der Waals surface area contributed by atoms with Crippen molar-refractivity contribution in [2.45, 2.75) is 228 Å². The molecule has 26 heteroatoms. The van der Waals surface area contributed by atoms with Gasteiger partial charge in [-0.1, -0.05) is 95.2 Å². The van der Waals surface area contributed by atoms with E-state index in [1.165, 1.54) is 89.7 Å². The van der Waals surface area contributed by atoms with Crippen molar-refractivity contribution in [2.24, 2.45) is 35.5 Å². The van der Waals surface area contributed by atoms with Crippen LogP contribution in [0.15, 0.2) is 12.2 Å². The van der Waals surface area contributed by atoms with E-state index in [0.717, 1.165) is 14.7 Å². The van der Waals surface area contributed by atoms with Gasteiger partial charge in [0, 0.05) is 62.4 Å². The van der Waals surface area contributed by atoms with Crippen molar-refractivity contribution in [2.75, 3.05) is 62.5 Å². The van der Waals surface area contributed by atoms with Gasteiger partial charge in [-0.25, -0.2) is 0 Å². The minimum Gasteiger partial charge on any atom is -0.481 e. The number of hydrogen-bond acceptors (Lipinski definition) is 14. The van der Waals surface area contributed by atoms with Crippen LogP contribution in [-0.4, -0.2) is 251 Å². The molecule has 1 heterocycles. The van der Waals surface area contributed by atoms with Crippen LogP contribution in [0, 0.1) is 35.5 Å². The van der Waals surface area contributed by atoms with Crippen molar-refractivity contribution in [3.8, 4) is 0 Å². The van der Waals surface area contributed by atoms with E-state index >= 15 is 9.59 Å². The number of carbonyl (C=O) groups excluding carboxylic acids is 11. The maximum absolute atomic E-state index is 15.2. The summed E-state index contributed by atoms with van der Waals surface area (Å²) in [7, 11) is 9.58. The maximum Gasteiger partial charge on any atom is 0.303 e. The van der Waals surface area contributed by atoms with Gasteiger partial charge in [0.05, 0.1) is 18.8 Å². The van der Waals surface area contributed by atoms with E-state index in [-0.39, 0.29) is 69.3 Å². The van der Waals surface area contributed by atoms with Crippen LogP contribution in [0.3, 0.4) is 0 Å². The summed E-state index contributed by atoms with van der Waals surface area (Å²) in [5.74, 6) is -11.7. The van der Waals surface area contributed by atoms with Gasteiger partial charge in [0.1, 0.15) is 60.4 Å². The average molecular weight is 1280 g/mol. The zero-order chi connectivity index (χ0) is 69.7. The molecule has 1 rings (SSSR count). The molecule has 514 valence electrons. The number of carbonyl (C=O) groups is 12. The largest absolute Gasteiger partial charge is 0.481 e. The molecule has 1 saturated heterocycles. The van der Waals surface area contributed by atoms with Crippen molar-refractivity contribution < 1.29 is 72.5 Å². The number of amides is 11. The van der Waals surface area contributed by atoms with Crippen LogP contribution in [0.4, 0.5) is 0 Å². The van der Waals surface area contributed by atoms with Crippen LogP contribution in [0.25, 0.3) is 0 Å². The molecule has 0 aliphatic carbocycles. The number of aliphatic hydroxyl groups is 1. The number of carboxylic acids is 1. The number of rotatable bonds is 19. The van der Waals surface area contributed by atoms with E-state index in [4.69, 9.17) is 4.74 Å². The monoisotopic (exact) mass is 1280 g/mol. The second-order valence-corrected chi connectivity index (χ2v) is 26.5. The van der Waals surface area contributed by atoms with Gasteiger partial charge in [-0.15, -0.1) is 0 Å². The van der Waals surface area contributed by atoms with E-state index in [1.807, 2.05) is 41.5 Å². The summed E-state index contributed by atoms with van der Waals surface area (Å²) in [5, 5.41) is 32.2. The fraction of sp³-hybridized carbons (Fsp3) is 0.781. The van der Waals surface area contributed by atoms with Gasteiger partial charge in [-0.3, -0.25) is 57.5 Å². The Kier molecular flexibility index (Phi) is 34.0. The molecule has 26 nitrogen and oxygen atoms in total. The molecule has 90 heavy (non-hydrogen) atoms. The fourth-order valence-electron chi connectivity index (χ4n) is 11.1. The van der Waals surface area contributed by atoms with Gasteiger partial charge >= 0.3 is 5.97 Å². The molecule has 0 unspecified atom stereocenters. The number of likely N-dealkylation sites (N-methyl/N-ethyl adjacent to an activating group) is 7. The van der Waals surface area contributed by atoms with Crippen molar-refractivity contribution in [1.29, 1.82) is 0 Å². The summed E-state index contributed by atoms with van der Waals surface area (Å²) in [4.78, 5) is 181. The molecule has 0 aromatic rings. The second kappa shape index (κ2) is 37.6. The first kappa shape index (κ1) is 81.3. The van der Waals surface area contributed by atoms with Crippen molar-refractivity contribution >= 4 is 70.9 Å². The van der Waals surface area contributed by atoms with Gasteiger partial charge in [-0.2, -0.15) is 0 Å². The Morgan fingerprint density at radius 1 is 0.544 bits per heavy atom. The molecule has 0 aromatic heterocycles. The van der Waals surface area contributed by atoms with Gasteiger partial charge in [-0.05, 0) is 102 Å². The number of allylic oxidation sites excluding steroid dienone is 2. The lowest BCUT2D eigenvalue weighted by atomic mass is 9.91. The van der Waals surface area contributed by atoms with E-state index in [9.17, 15) is 58.2 Å². The lowest BCUT2D eigenvalue weighted by molar-refractivity contribution is -0.157. The number of ether oxygens (including phenoxy) is 1. The number of nitrogens with zero attached hydrogens (tertiary/aromatic N) is 7. The second-order valence-electron chi connectivity index (χ2n) is 26.5. The highest BCUT2D eigenvalue weighted by Crippen LogP contribution is 2.26. The van der Waals surface area contributed by atoms with Crippen molar-refractivity contribution in [3.63, 3.8) is 0 Å². The third-order valence-corrected chi connectivity index (χ3v) is 16.7. The number of nitrogens with one attached hydrogen (secondary N) is 4. The van der Waals surface area contributed by atoms with Crippen LogP contribution >= 0.6 is 0 Å². The minimum absolute atomic E-state index is 0.0388. The molecule has 1 aliphatic rings. The quantitative estimate of drug-likeness (QED) is 0.0800. The minimum atomic E-state index is -1.66. The zero-order valence-electron chi connectivity index (χ0n) is 58.2. The molecule has 6 N–H and O–H groups in total. The molecular formula is C64H113N11O15. The molecule has 0 aromatic carbocycles. The molecule has 1 aliphatic heterocycles. The summed E-state index contributed by atoms with van der Waals surface area (Å²) in [6.07, 6.45) is 1.23. The lowest BCUT2D eigenvalue weighted by Crippen LogP contribution is -2.63. The van der Waals surface area contributed by atoms with E-state index < -0.39 is 168 Å². The van der Waals surface area contributed by atoms with Crippen LogP contribution in [0.1, 0.15) is 156 Å². The van der Waals surface area contributed by atoms with Gasteiger partial charge in [0.2, 0.25) is 65.0 Å². The number of hydrogen-bond donors (Lipinski definition) is 6. The maximum atomic E-state index is 15.2. The average Bonchev–Trinajstić information content (AvgIpc) is 3.59. The number of aliphatic carboxylic acids is 1. The number of carboxylic acid groups (broad SMARTS) is 1. The summed E-state index contributed by atoms with van der Waals surface area (Å²) in [6, 6.07) is -13.2. The summed E-state index contributed by atoms with van der Waals surface area (Å²) < 4.78 is 5.96. The SMILES string of the molecule is CC=CC[C@@H](C)[C@@H](O)[C@H]1C(=O)N[C@@H](CC)C(=O)N(C)CC(=O)N(C)[C@@H]([C@@H](C)OCCCC(=O)O)C(=O)N[C@@H](C(C)C)C(=O)N(C)[C@H](CC(C)C)C(=O)N[C@@H](C)C(=O)N[C@H](C)C(=O)N(C)[C@@H](CC(C)C)C(=O)N(C)[C@H](CC(C)C)C(=O)N(C)[C@@H](C(C)C)C(=O)N1C. The molecule has 0 bridgehead atoms. The Hall–Kier alpha value is -6.70. The highest BCUT2D eigenvalue weighted by Gasteiger charge is 2.46. The van der Waals surface area contributed by atoms with Gasteiger partial charge in [0.25, 0.3) is 0 Å². The van der Waals surface area contributed by atoms with Crippen LogP contribution in [0.5, 0.6) is 0 Å².